The summed E-state index contributed by atoms with van der Waals surface area (Å²) >= 11 is 1.34. The Balaban J connectivity index is 1.21. The zero-order valence-electron chi connectivity index (χ0n) is 23.0. The molecule has 0 spiro atoms. The van der Waals surface area contributed by atoms with Crippen LogP contribution in [0.25, 0.3) is 11.3 Å². The van der Waals surface area contributed by atoms with Crippen molar-refractivity contribution >= 4 is 42.3 Å². The number of aromatic nitrogens is 1. The fourth-order valence-electron chi connectivity index (χ4n) is 5.24. The average Bonchev–Trinajstić information content (AvgIpc) is 3.16. The van der Waals surface area contributed by atoms with Crippen molar-refractivity contribution in [3.05, 3.63) is 59.5 Å². The van der Waals surface area contributed by atoms with Crippen molar-refractivity contribution < 1.29 is 21.6 Å². The van der Waals surface area contributed by atoms with Crippen LogP contribution in [0.2, 0.25) is 0 Å². The second-order valence-electron chi connectivity index (χ2n) is 10.5. The third-order valence-corrected chi connectivity index (χ3v) is 12.2. The Kier molecular flexibility index (Phi) is 9.55. The number of nitrogens with zero attached hydrogens (tertiary/aromatic N) is 3. The fraction of sp³-hybridized carbons (Fsp3) is 0.448. The van der Waals surface area contributed by atoms with Crippen molar-refractivity contribution in [2.45, 2.75) is 61.2 Å². The van der Waals surface area contributed by atoms with E-state index in [2.05, 4.69) is 10.3 Å². The summed E-state index contributed by atoms with van der Waals surface area (Å²) in [5, 5.41) is 5.43. The van der Waals surface area contributed by atoms with Crippen LogP contribution in [0.4, 0.5) is 5.13 Å². The lowest BCUT2D eigenvalue weighted by atomic mass is 10.1. The molecule has 0 unspecified atom stereocenters. The van der Waals surface area contributed by atoms with Crippen LogP contribution in [0.5, 0.6) is 0 Å². The molecule has 2 aliphatic heterocycles. The normalized spacial score (nSPS) is 18.0. The quantitative estimate of drug-likeness (QED) is 0.327. The Morgan fingerprint density at radius 3 is 1.90 bits per heavy atom. The maximum absolute atomic E-state index is 13.2. The molecule has 9 nitrogen and oxygen atoms in total. The van der Waals surface area contributed by atoms with Gasteiger partial charge < -0.3 is 5.32 Å². The highest BCUT2D eigenvalue weighted by molar-refractivity contribution is 7.89. The molecule has 1 N–H and O–H groups in total. The minimum absolute atomic E-state index is 0.0345. The van der Waals surface area contributed by atoms with E-state index in [0.29, 0.717) is 42.6 Å². The Morgan fingerprint density at radius 1 is 0.756 bits per heavy atom. The summed E-state index contributed by atoms with van der Waals surface area (Å²) < 4.78 is 55.5. The SMILES string of the molecule is O=C(CNc1nc(-c2ccc(S(=O)(=O)N3CCCCCC3)cc2)cs1)c1cccc(S(=O)(=O)N2CCCCCC2)c1. The number of nitrogens with one attached hydrogen (secondary N) is 1. The molecule has 3 aromatic rings. The Hall–Kier alpha value is -2.64. The monoisotopic (exact) mass is 616 g/mol. The van der Waals surface area contributed by atoms with E-state index in [4.69, 9.17) is 0 Å². The molecule has 2 aliphatic rings. The maximum Gasteiger partial charge on any atom is 0.243 e. The molecule has 0 radical (unpaired) electrons. The molecule has 0 atom stereocenters. The predicted octanol–water partition coefficient (Wildman–Crippen LogP) is 5.23. The first-order valence-electron chi connectivity index (χ1n) is 14.2. The van der Waals surface area contributed by atoms with Gasteiger partial charge in [-0.1, -0.05) is 49.9 Å². The van der Waals surface area contributed by atoms with E-state index in [0.717, 1.165) is 56.9 Å². The third-order valence-electron chi connectivity index (χ3n) is 7.62. The zero-order valence-corrected chi connectivity index (χ0v) is 25.4. The van der Waals surface area contributed by atoms with E-state index < -0.39 is 20.0 Å². The summed E-state index contributed by atoms with van der Waals surface area (Å²) in [4.78, 5) is 17.9. The van der Waals surface area contributed by atoms with Gasteiger partial charge in [0, 0.05) is 42.7 Å². The topological polar surface area (TPSA) is 117 Å². The van der Waals surface area contributed by atoms with Crippen LogP contribution < -0.4 is 5.32 Å². The van der Waals surface area contributed by atoms with Gasteiger partial charge in [0.15, 0.2) is 10.9 Å². The van der Waals surface area contributed by atoms with E-state index in [1.807, 2.05) is 5.38 Å². The van der Waals surface area contributed by atoms with Gasteiger partial charge in [-0.3, -0.25) is 4.79 Å². The Labute approximate surface area is 246 Å². The van der Waals surface area contributed by atoms with E-state index in [1.165, 1.54) is 21.7 Å². The van der Waals surface area contributed by atoms with Crippen LogP contribution in [0.15, 0.2) is 63.7 Å². The molecule has 3 heterocycles. The van der Waals surface area contributed by atoms with Gasteiger partial charge in [-0.25, -0.2) is 21.8 Å². The van der Waals surface area contributed by atoms with Gasteiger partial charge in [0.25, 0.3) is 0 Å². The average molecular weight is 617 g/mol. The summed E-state index contributed by atoms with van der Waals surface area (Å²) in [7, 11) is -7.17. The highest BCUT2D eigenvalue weighted by Crippen LogP contribution is 2.28. The predicted molar refractivity (Wildman–Crippen MR) is 161 cm³/mol. The second-order valence-corrected chi connectivity index (χ2v) is 15.2. The van der Waals surface area contributed by atoms with E-state index in [9.17, 15) is 21.6 Å². The molecular weight excluding hydrogens is 581 g/mol. The van der Waals surface area contributed by atoms with Gasteiger partial charge in [0.1, 0.15) is 0 Å². The number of anilines is 1. The third kappa shape index (κ3) is 7.06. The summed E-state index contributed by atoms with van der Waals surface area (Å²) in [6, 6.07) is 13.0. The van der Waals surface area contributed by atoms with Crippen molar-refractivity contribution in [3.8, 4) is 11.3 Å². The van der Waals surface area contributed by atoms with Crippen molar-refractivity contribution in [2.75, 3.05) is 38.0 Å². The summed E-state index contributed by atoms with van der Waals surface area (Å²) in [6.07, 6.45) is 7.64. The van der Waals surface area contributed by atoms with Gasteiger partial charge in [-0.05, 0) is 49.9 Å². The van der Waals surface area contributed by atoms with E-state index >= 15 is 0 Å². The van der Waals surface area contributed by atoms with Gasteiger partial charge in [0.2, 0.25) is 20.0 Å². The molecule has 0 amide bonds. The van der Waals surface area contributed by atoms with Crippen molar-refractivity contribution in [1.82, 2.24) is 13.6 Å². The van der Waals surface area contributed by atoms with Gasteiger partial charge in [-0.2, -0.15) is 8.61 Å². The lowest BCUT2D eigenvalue weighted by Gasteiger charge is -2.20. The van der Waals surface area contributed by atoms with E-state index in [1.54, 1.807) is 46.8 Å². The maximum atomic E-state index is 13.2. The number of Topliss-reactive ketones (excluding diaryl/α,β-unsaturated/α-hetero) is 1. The molecule has 5 rings (SSSR count). The number of hydrogen-bond acceptors (Lipinski definition) is 8. The molecular formula is C29H36N4O5S3. The zero-order chi connectivity index (χ0) is 28.9. The Morgan fingerprint density at radius 2 is 1.32 bits per heavy atom. The van der Waals surface area contributed by atoms with Crippen LogP contribution in [0.3, 0.4) is 0 Å². The molecule has 2 fully saturated rings. The minimum atomic E-state index is -3.65. The number of carbonyl (C=O) groups is 1. The smallest absolute Gasteiger partial charge is 0.243 e. The summed E-state index contributed by atoms with van der Waals surface area (Å²) in [5.41, 5.74) is 1.78. The van der Waals surface area contributed by atoms with Crippen LogP contribution in [-0.2, 0) is 20.0 Å². The number of carbonyl (C=O) groups excluding carboxylic acids is 1. The molecule has 0 aliphatic carbocycles. The number of benzene rings is 2. The largest absolute Gasteiger partial charge is 0.354 e. The minimum Gasteiger partial charge on any atom is -0.354 e. The van der Waals surface area contributed by atoms with Crippen LogP contribution in [-0.4, -0.2) is 68.9 Å². The molecule has 1 aromatic heterocycles. The van der Waals surface area contributed by atoms with Crippen LogP contribution >= 0.6 is 11.3 Å². The number of rotatable bonds is 9. The molecule has 2 saturated heterocycles. The highest BCUT2D eigenvalue weighted by atomic mass is 32.2. The first-order chi connectivity index (χ1) is 19.7. The molecule has 41 heavy (non-hydrogen) atoms. The van der Waals surface area contributed by atoms with Gasteiger partial charge in [-0.15, -0.1) is 11.3 Å². The lowest BCUT2D eigenvalue weighted by Crippen LogP contribution is -2.32. The molecule has 220 valence electrons. The summed E-state index contributed by atoms with van der Waals surface area (Å²) in [5.74, 6) is -0.238. The molecule has 0 bridgehead atoms. The van der Waals surface area contributed by atoms with Crippen LogP contribution in [0.1, 0.15) is 61.7 Å². The first kappa shape index (κ1) is 29.8. The lowest BCUT2D eigenvalue weighted by molar-refractivity contribution is 0.101. The molecule has 12 heteroatoms. The number of sulfonamides is 2. The van der Waals surface area contributed by atoms with Crippen LogP contribution in [0, 0.1) is 0 Å². The van der Waals surface area contributed by atoms with Crippen molar-refractivity contribution in [1.29, 1.82) is 0 Å². The summed E-state index contributed by atoms with van der Waals surface area (Å²) in [6.45, 7) is 2.09. The Bertz CT molecular complexity index is 1550. The standard InChI is InChI=1S/C29H36N4O5S3/c34-28(24-10-9-11-26(20-24)41(37,38)33-18-7-3-4-8-19-33)21-30-29-31-27(22-39-29)23-12-14-25(15-13-23)40(35,36)32-16-5-1-2-6-17-32/h9-15,20,22H,1-8,16-19,21H2,(H,30,31). The van der Waals surface area contributed by atoms with Gasteiger partial charge in [0.05, 0.1) is 22.0 Å². The number of hydrogen-bond donors (Lipinski definition) is 1. The molecule has 2 aromatic carbocycles. The van der Waals surface area contributed by atoms with Gasteiger partial charge >= 0.3 is 0 Å². The number of thiazole rings is 1. The number of ketones is 1. The van der Waals surface area contributed by atoms with Crippen molar-refractivity contribution in [3.63, 3.8) is 0 Å². The highest BCUT2D eigenvalue weighted by Gasteiger charge is 2.27. The second kappa shape index (κ2) is 13.1. The first-order valence-corrected chi connectivity index (χ1v) is 17.9. The fourth-order valence-corrected chi connectivity index (χ4v) is 9.03. The molecule has 0 saturated carbocycles. The van der Waals surface area contributed by atoms with Crippen molar-refractivity contribution in [2.24, 2.45) is 0 Å². The van der Waals surface area contributed by atoms with E-state index in [-0.39, 0.29) is 22.1 Å².